The predicted octanol–water partition coefficient (Wildman–Crippen LogP) is 0.681. The van der Waals surface area contributed by atoms with Crippen molar-refractivity contribution in [1.29, 1.82) is 0 Å². The first-order valence-electron chi connectivity index (χ1n) is 5.81. The van der Waals surface area contributed by atoms with Crippen LogP contribution in [-0.4, -0.2) is 44.3 Å². The molecule has 0 radical (unpaired) electrons. The maximum Gasteiger partial charge on any atom is 0.415 e. The number of piperazine rings is 1. The summed E-state index contributed by atoms with van der Waals surface area (Å²) in [4.78, 5) is 13.5. The number of nitrogens with two attached hydrogens (primary N) is 1. The Morgan fingerprint density at radius 3 is 2.78 bits per heavy atom. The molecule has 2 rings (SSSR count). The minimum atomic E-state index is -0.344. The van der Waals surface area contributed by atoms with Crippen LogP contribution in [0.3, 0.4) is 0 Å². The zero-order chi connectivity index (χ0) is 13.0. The van der Waals surface area contributed by atoms with Gasteiger partial charge in [-0.2, -0.15) is 0 Å². The fourth-order valence-electron chi connectivity index (χ4n) is 1.77. The van der Waals surface area contributed by atoms with Crippen molar-refractivity contribution >= 4 is 11.8 Å². The monoisotopic (exact) mass is 251 g/mol. The summed E-state index contributed by atoms with van der Waals surface area (Å²) in [5.74, 6) is 0.935. The van der Waals surface area contributed by atoms with E-state index in [-0.39, 0.29) is 6.09 Å². The molecule has 6 heteroatoms. The van der Waals surface area contributed by atoms with Crippen molar-refractivity contribution in [2.45, 2.75) is 0 Å². The Morgan fingerprint density at radius 2 is 2.11 bits per heavy atom. The maximum absolute atomic E-state index is 11.9. The summed E-state index contributed by atoms with van der Waals surface area (Å²) in [5.41, 5.74) is 6.20. The van der Waals surface area contributed by atoms with Gasteiger partial charge in [0, 0.05) is 32.2 Å². The first kappa shape index (κ1) is 12.5. The minimum Gasteiger partial charge on any atom is -0.494 e. The number of rotatable bonds is 2. The number of ether oxygens (including phenoxy) is 2. The van der Waals surface area contributed by atoms with Crippen LogP contribution in [0.15, 0.2) is 18.2 Å². The normalized spacial score (nSPS) is 15.3. The predicted molar refractivity (Wildman–Crippen MR) is 67.9 cm³/mol. The number of benzene rings is 1. The molecule has 0 atom stereocenters. The number of carbonyl (C=O) groups is 1. The Bertz CT molecular complexity index is 431. The van der Waals surface area contributed by atoms with Gasteiger partial charge in [0.05, 0.1) is 12.8 Å². The molecule has 1 heterocycles. The van der Waals surface area contributed by atoms with Crippen molar-refractivity contribution < 1.29 is 14.3 Å². The number of nitrogens with zero attached hydrogens (tertiary/aromatic N) is 1. The molecule has 18 heavy (non-hydrogen) atoms. The molecule has 1 aliphatic heterocycles. The Morgan fingerprint density at radius 1 is 1.39 bits per heavy atom. The molecule has 0 aliphatic carbocycles. The summed E-state index contributed by atoms with van der Waals surface area (Å²) in [5, 5.41) is 3.17. The summed E-state index contributed by atoms with van der Waals surface area (Å²) in [6.07, 6.45) is -0.344. The highest BCUT2D eigenvalue weighted by Gasteiger charge is 2.18. The third-order valence-corrected chi connectivity index (χ3v) is 2.79. The van der Waals surface area contributed by atoms with Crippen molar-refractivity contribution in [2.24, 2.45) is 0 Å². The van der Waals surface area contributed by atoms with E-state index < -0.39 is 0 Å². The molecule has 0 spiro atoms. The van der Waals surface area contributed by atoms with Gasteiger partial charge >= 0.3 is 6.09 Å². The zero-order valence-electron chi connectivity index (χ0n) is 10.3. The minimum absolute atomic E-state index is 0.344. The SMILES string of the molecule is COc1cc(OC(=O)N2CCNCC2)ccc1N. The Labute approximate surface area is 106 Å². The van der Waals surface area contributed by atoms with Gasteiger partial charge in [-0.05, 0) is 12.1 Å². The molecule has 1 saturated heterocycles. The summed E-state index contributed by atoms with van der Waals surface area (Å²) in [6.45, 7) is 2.90. The number of carbonyl (C=O) groups excluding carboxylic acids is 1. The average Bonchev–Trinajstić information content (AvgIpc) is 2.42. The van der Waals surface area contributed by atoms with E-state index in [2.05, 4.69) is 5.32 Å². The van der Waals surface area contributed by atoms with Crippen LogP contribution < -0.4 is 20.5 Å². The van der Waals surface area contributed by atoms with Gasteiger partial charge in [0.1, 0.15) is 11.5 Å². The highest BCUT2D eigenvalue weighted by molar-refractivity contribution is 5.71. The van der Waals surface area contributed by atoms with E-state index >= 15 is 0 Å². The first-order chi connectivity index (χ1) is 8.70. The number of hydrogen-bond donors (Lipinski definition) is 2. The van der Waals surface area contributed by atoms with Crippen LogP contribution in [0, 0.1) is 0 Å². The lowest BCUT2D eigenvalue weighted by Gasteiger charge is -2.26. The smallest absolute Gasteiger partial charge is 0.415 e. The molecular weight excluding hydrogens is 234 g/mol. The third kappa shape index (κ3) is 2.84. The number of nitrogen functional groups attached to an aromatic ring is 1. The largest absolute Gasteiger partial charge is 0.494 e. The molecule has 0 unspecified atom stereocenters. The molecular formula is C12H17N3O3. The van der Waals surface area contributed by atoms with E-state index in [0.717, 1.165) is 13.1 Å². The van der Waals surface area contributed by atoms with Gasteiger partial charge in [-0.15, -0.1) is 0 Å². The Balaban J connectivity index is 2.02. The zero-order valence-corrected chi connectivity index (χ0v) is 10.3. The van der Waals surface area contributed by atoms with Crippen LogP contribution in [-0.2, 0) is 0 Å². The number of methoxy groups -OCH3 is 1. The van der Waals surface area contributed by atoms with Gasteiger partial charge in [0.25, 0.3) is 0 Å². The van der Waals surface area contributed by atoms with Gasteiger partial charge < -0.3 is 25.4 Å². The lowest BCUT2D eigenvalue weighted by atomic mass is 10.3. The second kappa shape index (κ2) is 5.59. The van der Waals surface area contributed by atoms with Crippen LogP contribution in [0.25, 0.3) is 0 Å². The molecule has 0 aromatic heterocycles. The summed E-state index contributed by atoms with van der Waals surface area (Å²) < 4.78 is 10.3. The summed E-state index contributed by atoms with van der Waals surface area (Å²) in [7, 11) is 1.52. The van der Waals surface area contributed by atoms with Crippen molar-refractivity contribution in [3.8, 4) is 11.5 Å². The van der Waals surface area contributed by atoms with Gasteiger partial charge in [0.2, 0.25) is 0 Å². The lowest BCUT2D eigenvalue weighted by molar-refractivity contribution is 0.146. The highest BCUT2D eigenvalue weighted by Crippen LogP contribution is 2.26. The quantitative estimate of drug-likeness (QED) is 0.756. The summed E-state index contributed by atoms with van der Waals surface area (Å²) >= 11 is 0. The highest BCUT2D eigenvalue weighted by atomic mass is 16.6. The van der Waals surface area contributed by atoms with Crippen molar-refractivity contribution in [3.63, 3.8) is 0 Å². The number of amides is 1. The maximum atomic E-state index is 11.9. The van der Waals surface area contributed by atoms with E-state index in [1.54, 1.807) is 23.1 Å². The van der Waals surface area contributed by atoms with Gasteiger partial charge in [-0.25, -0.2) is 4.79 Å². The topological polar surface area (TPSA) is 76.8 Å². The molecule has 1 amide bonds. The van der Waals surface area contributed by atoms with Crippen molar-refractivity contribution in [2.75, 3.05) is 39.0 Å². The summed E-state index contributed by atoms with van der Waals surface area (Å²) in [6, 6.07) is 4.91. The fourth-order valence-corrected chi connectivity index (χ4v) is 1.77. The van der Waals surface area contributed by atoms with E-state index in [0.29, 0.717) is 30.3 Å². The average molecular weight is 251 g/mol. The standard InChI is InChI=1S/C12H17N3O3/c1-17-11-8-9(2-3-10(11)13)18-12(16)15-6-4-14-5-7-15/h2-3,8,14H,4-7,13H2,1H3. The molecule has 1 fully saturated rings. The third-order valence-electron chi connectivity index (χ3n) is 2.79. The van der Waals surface area contributed by atoms with Crippen LogP contribution in [0.1, 0.15) is 0 Å². The Kier molecular flexibility index (Phi) is 3.88. The van der Waals surface area contributed by atoms with Gasteiger partial charge in [0.15, 0.2) is 0 Å². The first-order valence-corrected chi connectivity index (χ1v) is 5.81. The molecule has 0 bridgehead atoms. The molecule has 98 valence electrons. The van der Waals surface area contributed by atoms with E-state index in [9.17, 15) is 4.79 Å². The molecule has 1 aromatic carbocycles. The van der Waals surface area contributed by atoms with Crippen LogP contribution >= 0.6 is 0 Å². The van der Waals surface area contributed by atoms with Crippen LogP contribution in [0.5, 0.6) is 11.5 Å². The van der Waals surface area contributed by atoms with Crippen LogP contribution in [0.2, 0.25) is 0 Å². The molecule has 1 aliphatic rings. The van der Waals surface area contributed by atoms with E-state index in [4.69, 9.17) is 15.2 Å². The molecule has 0 saturated carbocycles. The lowest BCUT2D eigenvalue weighted by Crippen LogP contribution is -2.47. The van der Waals surface area contributed by atoms with Crippen LogP contribution in [0.4, 0.5) is 10.5 Å². The molecule has 1 aromatic rings. The second-order valence-corrected chi connectivity index (χ2v) is 4.01. The van der Waals surface area contributed by atoms with E-state index in [1.807, 2.05) is 0 Å². The number of nitrogens with one attached hydrogen (secondary N) is 1. The van der Waals surface area contributed by atoms with Crippen molar-refractivity contribution in [1.82, 2.24) is 10.2 Å². The van der Waals surface area contributed by atoms with Crippen molar-refractivity contribution in [3.05, 3.63) is 18.2 Å². The number of hydrogen-bond acceptors (Lipinski definition) is 5. The number of anilines is 1. The molecule has 6 nitrogen and oxygen atoms in total. The Hall–Kier alpha value is -1.95. The molecule has 3 N–H and O–H groups in total. The van der Waals surface area contributed by atoms with Gasteiger partial charge in [-0.1, -0.05) is 0 Å². The second-order valence-electron chi connectivity index (χ2n) is 4.01. The fraction of sp³-hybridized carbons (Fsp3) is 0.417. The van der Waals surface area contributed by atoms with Gasteiger partial charge in [-0.3, -0.25) is 0 Å². The van der Waals surface area contributed by atoms with E-state index in [1.165, 1.54) is 7.11 Å².